The lowest BCUT2D eigenvalue weighted by Gasteiger charge is -2.19. The van der Waals surface area contributed by atoms with Gasteiger partial charge in [-0.3, -0.25) is 24.4 Å². The van der Waals surface area contributed by atoms with Gasteiger partial charge in [-0.05, 0) is 166 Å². The Hall–Kier alpha value is -7.79. The van der Waals surface area contributed by atoms with Crippen LogP contribution in [0.15, 0.2) is 170 Å². The number of aliphatic carboxylic acids is 1. The first-order valence-electron chi connectivity index (χ1n) is 38.3. The molecule has 0 spiro atoms. The molecule has 0 saturated carbocycles. The molecule has 6 unspecified atom stereocenters. The molecule has 7 aromatic rings. The van der Waals surface area contributed by atoms with Crippen molar-refractivity contribution < 1.29 is 96.2 Å². The average molecular weight is 1640 g/mol. The average Bonchev–Trinajstić information content (AvgIpc) is 1.44. The fourth-order valence-corrected chi connectivity index (χ4v) is 12.5. The Balaban J connectivity index is 0.000000440. The monoisotopic (exact) mass is 1630 g/mol. The van der Waals surface area contributed by atoms with Gasteiger partial charge < -0.3 is 77.6 Å². The Bertz CT molecular complexity index is 3610. The molecule has 6 N–H and O–H groups in total. The lowest BCUT2D eigenvalue weighted by Crippen LogP contribution is -2.19. The zero-order valence-corrected chi connectivity index (χ0v) is 70.5. The summed E-state index contributed by atoms with van der Waals surface area (Å²) in [5, 5.41) is 28.0. The summed E-state index contributed by atoms with van der Waals surface area (Å²) in [6.07, 6.45) is 9.12. The number of carboxylic acids is 1. The molecule has 3 fully saturated rings. The van der Waals surface area contributed by atoms with Crippen LogP contribution in [0.25, 0.3) is 0 Å². The third-order valence-electron chi connectivity index (χ3n) is 18.5. The number of aliphatic hydroxyl groups is 1. The van der Waals surface area contributed by atoms with Crippen LogP contribution in [0.1, 0.15) is 203 Å². The number of rotatable bonds is 32. The van der Waals surface area contributed by atoms with Gasteiger partial charge in [-0.1, -0.05) is 186 Å². The van der Waals surface area contributed by atoms with Crippen LogP contribution < -0.4 is 11.2 Å². The van der Waals surface area contributed by atoms with Crippen LogP contribution in [0.5, 0.6) is 0 Å². The number of aryl methyl sites for hydroxylation is 7. The highest BCUT2D eigenvalue weighted by Gasteiger charge is 2.23. The molecule has 1 amide bonds. The van der Waals surface area contributed by atoms with Crippen LogP contribution in [0.4, 0.5) is 0 Å². The molecule has 6 atom stereocenters. The number of aldehydes is 2. The number of amides is 1. The third-order valence-corrected chi connectivity index (χ3v) is 18.9. The Morgan fingerprint density at radius 2 is 0.717 bits per heavy atom. The summed E-state index contributed by atoms with van der Waals surface area (Å²) in [6.45, 7) is 18.5. The third kappa shape index (κ3) is 41.4. The second-order valence-corrected chi connectivity index (χ2v) is 27.1. The number of alkyl halides is 1. The Morgan fingerprint density at radius 3 is 1.01 bits per heavy atom. The van der Waals surface area contributed by atoms with E-state index in [0.29, 0.717) is 65.0 Å². The highest BCUT2D eigenvalue weighted by molar-refractivity contribution is 9.09. The van der Waals surface area contributed by atoms with Gasteiger partial charge >= 0.3 is 11.9 Å². The number of hydrogen-bond acceptors (Lipinski definition) is 20. The lowest BCUT2D eigenvalue weighted by atomic mass is 10.00. The summed E-state index contributed by atoms with van der Waals surface area (Å²) in [5.41, 5.74) is 21.7. The molecular formula is C90H127BrN2O20. The molecule has 7 aromatic carbocycles. The predicted molar refractivity (Wildman–Crippen MR) is 444 cm³/mol. The first-order chi connectivity index (χ1) is 54.7. The zero-order chi connectivity index (χ0) is 83.6. The number of methoxy groups -OCH3 is 6. The maximum absolute atomic E-state index is 11.1. The molecule has 23 heteroatoms. The van der Waals surface area contributed by atoms with Crippen molar-refractivity contribution >= 4 is 46.3 Å². The van der Waals surface area contributed by atoms with Gasteiger partial charge in [0, 0.05) is 91.4 Å². The van der Waals surface area contributed by atoms with E-state index in [1.54, 1.807) is 41.0 Å². The van der Waals surface area contributed by atoms with Gasteiger partial charge in [0.25, 0.3) is 0 Å². The molecule has 0 aliphatic carbocycles. The number of carbonyl (C=O) groups is 5. The van der Waals surface area contributed by atoms with Crippen LogP contribution in [0.3, 0.4) is 0 Å². The molecule has 3 aliphatic heterocycles. The van der Waals surface area contributed by atoms with E-state index in [4.69, 9.17) is 62.4 Å². The van der Waals surface area contributed by atoms with E-state index in [1.165, 1.54) is 42.0 Å². The molecule has 0 radical (unpaired) electrons. The van der Waals surface area contributed by atoms with Crippen molar-refractivity contribution in [2.45, 2.75) is 187 Å². The first kappa shape index (κ1) is 101. The summed E-state index contributed by atoms with van der Waals surface area (Å²) in [7, 11) is 11.2. The van der Waals surface area contributed by atoms with Crippen molar-refractivity contribution in [2.24, 2.45) is 5.73 Å². The zero-order valence-electron chi connectivity index (χ0n) is 68.9. The molecule has 22 nitrogen and oxygen atoms in total. The summed E-state index contributed by atoms with van der Waals surface area (Å²) in [5.74, 6) is -1.38. The van der Waals surface area contributed by atoms with Crippen LogP contribution >= 0.6 is 15.9 Å². The number of hydroxylamine groups is 1. The number of halogens is 1. The maximum Gasteiger partial charge on any atom is 0.305 e. The standard InChI is InChI=1S/C14H20O3.2C13H18O3.C12H17NO3.C12H16O3.C12H16O2.C8H8O.C5H9BrO2.CH5N/c1-11-5-3-4-6-12(11)13(15-2)7-8-14-16-9-10-17-14;1-10-4-2-3-5-11(10)12(14)6-7-13-15-8-9-16-13;1-10-6-4-5-7-11(10)12(15-2)8-9-13(14)16-3;1-9-5-3-4-6-10(9)11(16-2)7-8-12(14)13-15;1-9-5-3-4-6-10(9)11(15-2)7-8-12(13)14;1-10-6-3-4-7-11(10)12(14-2)8-5-9-13;1-7-4-2-3-5-8(7)6-9;6-2-1-5-7-3-4-8-5;1-2/h3-6,13-14H,7-10H2,1-2H3;2-5,12-14H,6-9H2,1H3;4-7,12H,8-9H2,1-3H3;3-6,11,15H,7-8H2,1-2H3,(H,13,14);3-6,11H,7-8H2,1-2H3,(H,13,14);3-4,6-7,9,12H,5,8H2,1-2H3;2-6H,1H3;5H,1-4H2;2H2,1H3. The summed E-state index contributed by atoms with van der Waals surface area (Å²) in [6, 6.07) is 55.7. The van der Waals surface area contributed by atoms with Crippen molar-refractivity contribution in [1.82, 2.24) is 5.48 Å². The number of carbonyl (C=O) groups excluding carboxylic acids is 4. The van der Waals surface area contributed by atoms with Crippen LogP contribution in [-0.4, -0.2) is 159 Å². The topological polar surface area (TPSA) is 295 Å². The molecule has 0 aromatic heterocycles. The molecular weight excluding hydrogens is 1510 g/mol. The molecule has 3 heterocycles. The van der Waals surface area contributed by atoms with Crippen molar-refractivity contribution in [3.63, 3.8) is 0 Å². The Labute approximate surface area is 680 Å². The number of nitrogens with two attached hydrogens (primary N) is 1. The highest BCUT2D eigenvalue weighted by atomic mass is 79.9. The van der Waals surface area contributed by atoms with E-state index in [9.17, 15) is 29.1 Å². The van der Waals surface area contributed by atoms with E-state index in [-0.39, 0.29) is 68.2 Å². The summed E-state index contributed by atoms with van der Waals surface area (Å²) < 4.78 is 63.4. The summed E-state index contributed by atoms with van der Waals surface area (Å²) >= 11 is 3.30. The number of ether oxygens (including phenoxy) is 12. The van der Waals surface area contributed by atoms with Gasteiger partial charge in [0.05, 0.1) is 83.4 Å². The number of esters is 1. The fraction of sp³-hybridized carbons (Fsp3) is 0.478. The lowest BCUT2D eigenvalue weighted by molar-refractivity contribution is -0.141. The van der Waals surface area contributed by atoms with Crippen molar-refractivity contribution in [3.8, 4) is 0 Å². The number of aliphatic hydroxyl groups excluding tert-OH is 1. The van der Waals surface area contributed by atoms with Gasteiger partial charge in [-0.25, -0.2) is 5.48 Å². The molecule has 113 heavy (non-hydrogen) atoms. The quantitative estimate of drug-likeness (QED) is 0.00860. The smallest absolute Gasteiger partial charge is 0.305 e. The minimum Gasteiger partial charge on any atom is -0.481 e. The van der Waals surface area contributed by atoms with E-state index in [2.05, 4.69) is 70.6 Å². The largest absolute Gasteiger partial charge is 0.481 e. The van der Waals surface area contributed by atoms with E-state index in [1.807, 2.05) is 174 Å². The minimum atomic E-state index is -0.786. The fourth-order valence-electron chi connectivity index (χ4n) is 12.1. The Morgan fingerprint density at radius 1 is 0.425 bits per heavy atom. The van der Waals surface area contributed by atoms with Crippen molar-refractivity contribution in [2.75, 3.05) is 94.7 Å². The second-order valence-electron chi connectivity index (χ2n) is 26.3. The van der Waals surface area contributed by atoms with E-state index >= 15 is 0 Å². The highest BCUT2D eigenvalue weighted by Crippen LogP contribution is 2.31. The number of hydrogen-bond donors (Lipinski definition) is 5. The number of nitrogens with one attached hydrogen (secondary N) is 1. The van der Waals surface area contributed by atoms with Crippen LogP contribution in [-0.2, 0) is 76.0 Å². The van der Waals surface area contributed by atoms with Crippen molar-refractivity contribution in [1.29, 1.82) is 0 Å². The molecule has 624 valence electrons. The van der Waals surface area contributed by atoms with Gasteiger partial charge in [0.1, 0.15) is 12.6 Å². The number of carboxylic acid groups (broad SMARTS) is 1. The predicted octanol–water partition coefficient (Wildman–Crippen LogP) is 17.4. The summed E-state index contributed by atoms with van der Waals surface area (Å²) in [4.78, 5) is 53.0. The molecule has 10 rings (SSSR count). The van der Waals surface area contributed by atoms with Crippen LogP contribution in [0.2, 0.25) is 0 Å². The molecule has 3 aliphatic rings. The van der Waals surface area contributed by atoms with Gasteiger partial charge in [-0.2, -0.15) is 0 Å². The van der Waals surface area contributed by atoms with E-state index in [0.717, 1.165) is 113 Å². The second kappa shape index (κ2) is 62.6. The minimum absolute atomic E-state index is 0.0414. The first-order valence-corrected chi connectivity index (χ1v) is 39.4. The van der Waals surface area contributed by atoms with E-state index < -0.39 is 18.0 Å². The van der Waals surface area contributed by atoms with Crippen molar-refractivity contribution in [3.05, 3.63) is 248 Å². The molecule has 3 saturated heterocycles. The molecule has 0 bridgehead atoms. The van der Waals surface area contributed by atoms with Gasteiger partial charge in [-0.15, -0.1) is 0 Å². The maximum atomic E-state index is 11.1. The van der Waals surface area contributed by atoms with Crippen LogP contribution in [0, 0.1) is 48.5 Å². The van der Waals surface area contributed by atoms with Gasteiger partial charge in [0.2, 0.25) is 5.91 Å². The van der Waals surface area contributed by atoms with Gasteiger partial charge in [0.15, 0.2) is 18.9 Å². The normalized spacial score (nSPS) is 14.4. The number of benzene rings is 7. The SMILES string of the molecule is BrCCC1OCCO1.CN.COC(=O)CCC(OC)c1ccccc1C.COC(CCC(=O)NO)c1ccccc1C.COC(CCC(=O)O)c1ccccc1C.COC(CCC1OCCO1)c1ccccc1C.COC(CCC=O)c1ccccc1C.Cc1ccccc1C(O)CCC1OCCO1.Cc1ccccc1C=O. The Kier molecular flexibility index (Phi) is 56.1.